The van der Waals surface area contributed by atoms with Crippen LogP contribution in [-0.2, 0) is 32.7 Å². The molecule has 0 saturated heterocycles. The highest BCUT2D eigenvalue weighted by Crippen LogP contribution is 2.43. The standard InChI is InChI=1S/C41H76NO8P/c1-5-7-9-11-13-15-17-19-20-22-23-25-27-29-31-33-40(43)47-37-39(38-49-51(45,46)48-36-35-42(3)4)50-41(44)34-32-30-28-26-24-21-18-16-14-12-10-8-6-2/h13,15-16,18-20,39H,5-12,14,17,21-38H2,1-4H3,(H,45,46)/b15-13-,18-16-,20-19-. The SMILES string of the molecule is CCCCC/C=C\C/C=C\CCCCCCCC(=O)OCC(COP(=O)(O)OCCN(C)C)OC(=O)CCCCCCC/C=C\CCCCCC. The number of allylic oxidation sites excluding steroid dienone is 6. The average Bonchev–Trinajstić information content (AvgIpc) is 3.09. The summed E-state index contributed by atoms with van der Waals surface area (Å²) in [6, 6.07) is 0. The van der Waals surface area contributed by atoms with Gasteiger partial charge in [0.05, 0.1) is 13.2 Å². The van der Waals surface area contributed by atoms with Crippen LogP contribution in [0.4, 0.5) is 0 Å². The summed E-state index contributed by atoms with van der Waals surface area (Å²) in [7, 11) is -0.722. The minimum atomic E-state index is -4.36. The van der Waals surface area contributed by atoms with Gasteiger partial charge in [0.2, 0.25) is 0 Å². The van der Waals surface area contributed by atoms with Gasteiger partial charge in [-0.25, -0.2) is 4.57 Å². The van der Waals surface area contributed by atoms with E-state index in [1.165, 1.54) is 57.8 Å². The summed E-state index contributed by atoms with van der Waals surface area (Å²) < 4.78 is 33.4. The van der Waals surface area contributed by atoms with Gasteiger partial charge in [-0.1, -0.05) is 121 Å². The third-order valence-electron chi connectivity index (χ3n) is 8.42. The monoisotopic (exact) mass is 742 g/mol. The van der Waals surface area contributed by atoms with Crippen LogP contribution in [0.1, 0.15) is 168 Å². The van der Waals surface area contributed by atoms with Crippen LogP contribution >= 0.6 is 7.82 Å². The number of phosphoric ester groups is 1. The Hall–Kier alpha value is -1.77. The summed E-state index contributed by atoms with van der Waals surface area (Å²) >= 11 is 0. The number of nitrogens with zero attached hydrogens (tertiary/aromatic N) is 1. The smallest absolute Gasteiger partial charge is 0.462 e. The zero-order chi connectivity index (χ0) is 37.7. The van der Waals surface area contributed by atoms with Gasteiger partial charge in [0, 0.05) is 19.4 Å². The van der Waals surface area contributed by atoms with Crippen LogP contribution in [0.2, 0.25) is 0 Å². The molecule has 0 fully saturated rings. The summed E-state index contributed by atoms with van der Waals surface area (Å²) in [6.45, 7) is 4.24. The maximum atomic E-state index is 12.6. The second kappa shape index (κ2) is 36.6. The fourth-order valence-corrected chi connectivity index (χ4v) is 5.98. The lowest BCUT2D eigenvalue weighted by Crippen LogP contribution is -2.29. The van der Waals surface area contributed by atoms with Gasteiger partial charge < -0.3 is 19.3 Å². The predicted octanol–water partition coefficient (Wildman–Crippen LogP) is 11.2. The number of esters is 2. The summed E-state index contributed by atoms with van der Waals surface area (Å²) in [6.07, 6.45) is 37.5. The summed E-state index contributed by atoms with van der Waals surface area (Å²) in [4.78, 5) is 36.9. The lowest BCUT2D eigenvalue weighted by molar-refractivity contribution is -0.161. The van der Waals surface area contributed by atoms with Gasteiger partial charge in [0.15, 0.2) is 6.10 Å². The van der Waals surface area contributed by atoms with Gasteiger partial charge in [-0.2, -0.15) is 0 Å². The van der Waals surface area contributed by atoms with Crippen molar-refractivity contribution in [1.82, 2.24) is 4.90 Å². The van der Waals surface area contributed by atoms with Crippen molar-refractivity contribution < 1.29 is 37.6 Å². The van der Waals surface area contributed by atoms with Crippen molar-refractivity contribution in [2.45, 2.75) is 174 Å². The van der Waals surface area contributed by atoms with Crippen LogP contribution in [0.15, 0.2) is 36.5 Å². The quantitative estimate of drug-likeness (QED) is 0.0288. The topological polar surface area (TPSA) is 112 Å². The van der Waals surface area contributed by atoms with E-state index >= 15 is 0 Å². The number of rotatable bonds is 37. The van der Waals surface area contributed by atoms with E-state index in [2.05, 4.69) is 50.3 Å². The molecule has 0 heterocycles. The number of likely N-dealkylation sites (N-methyl/N-ethyl adjacent to an activating group) is 1. The first kappa shape index (κ1) is 49.2. The minimum absolute atomic E-state index is 0.00308. The van der Waals surface area contributed by atoms with Crippen molar-refractivity contribution in [3.8, 4) is 0 Å². The van der Waals surface area contributed by atoms with Crippen LogP contribution in [0, 0.1) is 0 Å². The first-order chi connectivity index (χ1) is 24.7. The first-order valence-corrected chi connectivity index (χ1v) is 21.8. The van der Waals surface area contributed by atoms with Crippen LogP contribution in [0.25, 0.3) is 0 Å². The van der Waals surface area contributed by atoms with Crippen molar-refractivity contribution in [3.63, 3.8) is 0 Å². The molecule has 0 saturated carbocycles. The second-order valence-corrected chi connectivity index (χ2v) is 15.3. The van der Waals surface area contributed by atoms with Crippen LogP contribution in [0.5, 0.6) is 0 Å². The largest absolute Gasteiger partial charge is 0.472 e. The predicted molar refractivity (Wildman–Crippen MR) is 211 cm³/mol. The Kier molecular flexibility index (Phi) is 35.3. The molecule has 10 heteroatoms. The number of phosphoric acid groups is 1. The van der Waals surface area contributed by atoms with Gasteiger partial charge in [0.1, 0.15) is 6.61 Å². The van der Waals surface area contributed by atoms with Crippen molar-refractivity contribution >= 4 is 19.8 Å². The molecule has 0 aliphatic carbocycles. The molecule has 0 spiro atoms. The third kappa shape index (κ3) is 37.8. The molecule has 0 amide bonds. The first-order valence-electron chi connectivity index (χ1n) is 20.3. The molecule has 0 aliphatic rings. The molecule has 9 nitrogen and oxygen atoms in total. The molecule has 0 aromatic rings. The van der Waals surface area contributed by atoms with E-state index in [1.807, 2.05) is 19.0 Å². The molecule has 2 atom stereocenters. The van der Waals surface area contributed by atoms with E-state index < -0.39 is 26.5 Å². The van der Waals surface area contributed by atoms with Gasteiger partial charge in [0.25, 0.3) is 0 Å². The number of carbonyl (C=O) groups is 2. The normalized spacial score (nSPS) is 13.8. The number of unbranched alkanes of at least 4 members (excludes halogenated alkanes) is 17. The van der Waals surface area contributed by atoms with E-state index in [1.54, 1.807) is 0 Å². The number of ether oxygens (including phenoxy) is 2. The molecular formula is C41H76NO8P. The van der Waals surface area contributed by atoms with E-state index in [4.69, 9.17) is 18.5 Å². The highest BCUT2D eigenvalue weighted by Gasteiger charge is 2.26. The maximum absolute atomic E-state index is 12.6. The Labute approximate surface area is 312 Å². The van der Waals surface area contributed by atoms with Crippen molar-refractivity contribution in [2.24, 2.45) is 0 Å². The second-order valence-electron chi connectivity index (χ2n) is 13.8. The molecule has 0 aromatic heterocycles. The van der Waals surface area contributed by atoms with Gasteiger partial charge >= 0.3 is 19.8 Å². The van der Waals surface area contributed by atoms with Crippen LogP contribution < -0.4 is 0 Å². The van der Waals surface area contributed by atoms with Gasteiger partial charge in [-0.3, -0.25) is 18.6 Å². The minimum Gasteiger partial charge on any atom is -0.462 e. The number of hydrogen-bond donors (Lipinski definition) is 1. The van der Waals surface area contributed by atoms with Crippen LogP contribution in [-0.4, -0.2) is 68.3 Å². The Bertz CT molecular complexity index is 952. The Balaban J connectivity index is 4.37. The van der Waals surface area contributed by atoms with E-state index in [0.717, 1.165) is 77.0 Å². The summed E-state index contributed by atoms with van der Waals surface area (Å²) in [5.41, 5.74) is 0. The Morgan fingerprint density at radius 3 is 1.61 bits per heavy atom. The summed E-state index contributed by atoms with van der Waals surface area (Å²) in [5.74, 6) is -0.830. The molecule has 0 radical (unpaired) electrons. The Morgan fingerprint density at radius 2 is 1.06 bits per heavy atom. The fraction of sp³-hybridized carbons (Fsp3) is 0.805. The van der Waals surface area contributed by atoms with Gasteiger partial charge in [-0.15, -0.1) is 0 Å². The van der Waals surface area contributed by atoms with E-state index in [-0.39, 0.29) is 32.0 Å². The molecule has 1 N–H and O–H groups in total. The lowest BCUT2D eigenvalue weighted by atomic mass is 10.1. The molecule has 51 heavy (non-hydrogen) atoms. The molecule has 0 aliphatic heterocycles. The fourth-order valence-electron chi connectivity index (χ4n) is 5.24. The highest BCUT2D eigenvalue weighted by molar-refractivity contribution is 7.47. The van der Waals surface area contributed by atoms with Crippen LogP contribution in [0.3, 0.4) is 0 Å². The highest BCUT2D eigenvalue weighted by atomic mass is 31.2. The number of carbonyl (C=O) groups excluding carboxylic acids is 2. The molecule has 0 aromatic carbocycles. The zero-order valence-corrected chi connectivity index (χ0v) is 33.9. The molecule has 0 rings (SSSR count). The zero-order valence-electron chi connectivity index (χ0n) is 33.0. The molecule has 298 valence electrons. The van der Waals surface area contributed by atoms with E-state index in [0.29, 0.717) is 13.0 Å². The van der Waals surface area contributed by atoms with Crippen molar-refractivity contribution in [1.29, 1.82) is 0 Å². The van der Waals surface area contributed by atoms with Gasteiger partial charge in [-0.05, 0) is 84.7 Å². The maximum Gasteiger partial charge on any atom is 0.472 e. The van der Waals surface area contributed by atoms with Crippen molar-refractivity contribution in [3.05, 3.63) is 36.5 Å². The average molecular weight is 742 g/mol. The number of hydrogen-bond acceptors (Lipinski definition) is 8. The lowest BCUT2D eigenvalue weighted by Gasteiger charge is -2.20. The Morgan fingerprint density at radius 1 is 0.608 bits per heavy atom. The van der Waals surface area contributed by atoms with Crippen molar-refractivity contribution in [2.75, 3.05) is 40.5 Å². The third-order valence-corrected chi connectivity index (χ3v) is 9.40. The molecule has 2 unspecified atom stereocenters. The molecular weight excluding hydrogens is 665 g/mol. The van der Waals surface area contributed by atoms with E-state index in [9.17, 15) is 19.0 Å². The molecule has 0 bridgehead atoms. The summed E-state index contributed by atoms with van der Waals surface area (Å²) in [5, 5.41) is 0.